The van der Waals surface area contributed by atoms with E-state index < -0.39 is 0 Å². The summed E-state index contributed by atoms with van der Waals surface area (Å²) in [6.45, 7) is 10.1. The monoisotopic (exact) mass is 275 g/mol. The highest BCUT2D eigenvalue weighted by Crippen LogP contribution is 2.18. The minimum absolute atomic E-state index is 0.213. The number of benzene rings is 1. The van der Waals surface area contributed by atoms with Crippen LogP contribution in [0, 0.1) is 25.6 Å². The van der Waals surface area contributed by atoms with Crippen molar-refractivity contribution < 1.29 is 4.39 Å². The van der Waals surface area contributed by atoms with Gasteiger partial charge in [0, 0.05) is 17.8 Å². The normalized spacial score (nSPS) is 11.3. The Morgan fingerprint density at radius 3 is 2.70 bits per heavy atom. The molecule has 20 heavy (non-hydrogen) atoms. The molecule has 2 aromatic rings. The zero-order chi connectivity index (χ0) is 14.7. The fourth-order valence-electron chi connectivity index (χ4n) is 2.21. The molecule has 0 fully saturated rings. The topological polar surface area (TPSA) is 29.9 Å². The van der Waals surface area contributed by atoms with Crippen LogP contribution < -0.4 is 5.32 Å². The Hall–Kier alpha value is -1.68. The van der Waals surface area contributed by atoms with Crippen molar-refractivity contribution in [2.75, 3.05) is 6.54 Å². The summed E-state index contributed by atoms with van der Waals surface area (Å²) in [5.41, 5.74) is 4.09. The molecule has 0 aliphatic heterocycles. The molecule has 4 heteroatoms. The molecule has 1 aromatic heterocycles. The number of aromatic nitrogens is 2. The van der Waals surface area contributed by atoms with E-state index in [1.807, 2.05) is 24.7 Å². The van der Waals surface area contributed by atoms with Gasteiger partial charge in [-0.15, -0.1) is 0 Å². The van der Waals surface area contributed by atoms with E-state index in [4.69, 9.17) is 0 Å². The Labute approximate surface area is 119 Å². The molecular weight excluding hydrogens is 253 g/mol. The summed E-state index contributed by atoms with van der Waals surface area (Å²) in [6.07, 6.45) is 1.88. The lowest BCUT2D eigenvalue weighted by molar-refractivity contribution is 0.551. The van der Waals surface area contributed by atoms with Crippen molar-refractivity contribution in [3.63, 3.8) is 0 Å². The van der Waals surface area contributed by atoms with Crippen molar-refractivity contribution in [2.24, 2.45) is 5.92 Å². The molecule has 0 unspecified atom stereocenters. The van der Waals surface area contributed by atoms with Gasteiger partial charge in [-0.1, -0.05) is 13.8 Å². The van der Waals surface area contributed by atoms with Crippen molar-refractivity contribution in [1.82, 2.24) is 15.1 Å². The standard InChI is InChI=1S/C16H22FN3/c1-11(2)8-18-9-14-10-19-20(13(14)4)16-6-5-15(17)7-12(16)3/h5-7,10-11,18H,8-9H2,1-4H3. The van der Waals surface area contributed by atoms with Crippen LogP contribution in [0.15, 0.2) is 24.4 Å². The van der Waals surface area contributed by atoms with Crippen LogP contribution in [-0.4, -0.2) is 16.3 Å². The summed E-state index contributed by atoms with van der Waals surface area (Å²) >= 11 is 0. The first-order chi connectivity index (χ1) is 9.49. The Kier molecular flexibility index (Phi) is 4.55. The summed E-state index contributed by atoms with van der Waals surface area (Å²) in [5.74, 6) is 0.416. The number of hydrogen-bond donors (Lipinski definition) is 1. The van der Waals surface area contributed by atoms with E-state index in [2.05, 4.69) is 24.3 Å². The van der Waals surface area contributed by atoms with Crippen LogP contribution >= 0.6 is 0 Å². The average Bonchev–Trinajstić information content (AvgIpc) is 2.71. The van der Waals surface area contributed by atoms with Crippen molar-refractivity contribution in [2.45, 2.75) is 34.2 Å². The van der Waals surface area contributed by atoms with E-state index in [0.29, 0.717) is 5.92 Å². The number of aryl methyl sites for hydroxylation is 1. The third kappa shape index (κ3) is 3.25. The van der Waals surface area contributed by atoms with Gasteiger partial charge in [-0.2, -0.15) is 5.10 Å². The maximum Gasteiger partial charge on any atom is 0.123 e. The van der Waals surface area contributed by atoms with E-state index in [1.54, 1.807) is 6.07 Å². The van der Waals surface area contributed by atoms with E-state index in [-0.39, 0.29) is 5.82 Å². The number of rotatable bonds is 5. The Balaban J connectivity index is 2.20. The molecule has 0 saturated carbocycles. The van der Waals surface area contributed by atoms with Gasteiger partial charge < -0.3 is 5.32 Å². The van der Waals surface area contributed by atoms with Gasteiger partial charge in [0.2, 0.25) is 0 Å². The van der Waals surface area contributed by atoms with Gasteiger partial charge in [0.1, 0.15) is 5.82 Å². The third-order valence-corrected chi connectivity index (χ3v) is 3.37. The van der Waals surface area contributed by atoms with Crippen LogP contribution in [0.5, 0.6) is 0 Å². The molecule has 0 atom stereocenters. The zero-order valence-electron chi connectivity index (χ0n) is 12.6. The van der Waals surface area contributed by atoms with Crippen molar-refractivity contribution >= 4 is 0 Å². The van der Waals surface area contributed by atoms with E-state index in [0.717, 1.165) is 30.0 Å². The van der Waals surface area contributed by atoms with E-state index in [1.165, 1.54) is 17.7 Å². The Morgan fingerprint density at radius 1 is 1.30 bits per heavy atom. The maximum atomic E-state index is 13.2. The summed E-state index contributed by atoms with van der Waals surface area (Å²) in [6, 6.07) is 4.78. The van der Waals surface area contributed by atoms with Crippen molar-refractivity contribution in [3.8, 4) is 5.69 Å². The van der Waals surface area contributed by atoms with Crippen molar-refractivity contribution in [1.29, 1.82) is 0 Å². The smallest absolute Gasteiger partial charge is 0.123 e. The highest BCUT2D eigenvalue weighted by molar-refractivity contribution is 5.42. The molecule has 1 aromatic carbocycles. The first-order valence-electron chi connectivity index (χ1n) is 6.99. The molecule has 2 rings (SSSR count). The molecule has 0 aliphatic carbocycles. The first-order valence-corrected chi connectivity index (χ1v) is 6.99. The van der Waals surface area contributed by atoms with Crippen LogP contribution in [0.25, 0.3) is 5.69 Å². The second kappa shape index (κ2) is 6.18. The molecular formula is C16H22FN3. The fraction of sp³-hybridized carbons (Fsp3) is 0.438. The second-order valence-corrected chi connectivity index (χ2v) is 5.62. The van der Waals surface area contributed by atoms with E-state index in [9.17, 15) is 4.39 Å². The summed E-state index contributed by atoms with van der Waals surface area (Å²) < 4.78 is 15.0. The molecule has 1 N–H and O–H groups in total. The predicted molar refractivity (Wildman–Crippen MR) is 79.5 cm³/mol. The second-order valence-electron chi connectivity index (χ2n) is 5.62. The SMILES string of the molecule is Cc1cc(F)ccc1-n1ncc(CNCC(C)C)c1C. The third-order valence-electron chi connectivity index (χ3n) is 3.37. The molecule has 108 valence electrons. The van der Waals surface area contributed by atoms with Gasteiger partial charge in [-0.05, 0) is 50.1 Å². The highest BCUT2D eigenvalue weighted by atomic mass is 19.1. The molecule has 0 radical (unpaired) electrons. The molecule has 1 heterocycles. The van der Waals surface area contributed by atoms with Gasteiger partial charge in [0.05, 0.1) is 11.9 Å². The number of nitrogens with one attached hydrogen (secondary N) is 1. The lowest BCUT2D eigenvalue weighted by Gasteiger charge is -2.10. The van der Waals surface area contributed by atoms with Crippen molar-refractivity contribution in [3.05, 3.63) is 47.0 Å². The lowest BCUT2D eigenvalue weighted by Crippen LogP contribution is -2.19. The largest absolute Gasteiger partial charge is 0.312 e. The molecule has 0 bridgehead atoms. The molecule has 0 amide bonds. The number of nitrogens with zero attached hydrogens (tertiary/aromatic N) is 2. The molecule has 0 saturated heterocycles. The van der Waals surface area contributed by atoms with Gasteiger partial charge in [0.25, 0.3) is 0 Å². The average molecular weight is 275 g/mol. The minimum atomic E-state index is -0.213. The highest BCUT2D eigenvalue weighted by Gasteiger charge is 2.10. The van der Waals surface area contributed by atoms with Crippen LogP contribution in [0.4, 0.5) is 4.39 Å². The van der Waals surface area contributed by atoms with Gasteiger partial charge in [-0.25, -0.2) is 9.07 Å². The fourth-order valence-corrected chi connectivity index (χ4v) is 2.21. The first kappa shape index (κ1) is 14.7. The van der Waals surface area contributed by atoms with Crippen LogP contribution in [0.2, 0.25) is 0 Å². The molecule has 0 spiro atoms. The van der Waals surface area contributed by atoms with Gasteiger partial charge in [0.15, 0.2) is 0 Å². The molecule has 0 aliphatic rings. The molecule has 3 nitrogen and oxygen atoms in total. The van der Waals surface area contributed by atoms with Crippen LogP contribution in [0.1, 0.15) is 30.7 Å². The Bertz CT molecular complexity index is 587. The Morgan fingerprint density at radius 2 is 2.05 bits per heavy atom. The number of hydrogen-bond acceptors (Lipinski definition) is 2. The predicted octanol–water partition coefficient (Wildman–Crippen LogP) is 3.37. The summed E-state index contributed by atoms with van der Waals surface area (Å²) in [7, 11) is 0. The van der Waals surface area contributed by atoms with Gasteiger partial charge >= 0.3 is 0 Å². The summed E-state index contributed by atoms with van der Waals surface area (Å²) in [5, 5.41) is 7.85. The van der Waals surface area contributed by atoms with Gasteiger partial charge in [-0.3, -0.25) is 0 Å². The minimum Gasteiger partial charge on any atom is -0.312 e. The van der Waals surface area contributed by atoms with Crippen LogP contribution in [0.3, 0.4) is 0 Å². The lowest BCUT2D eigenvalue weighted by atomic mass is 10.2. The quantitative estimate of drug-likeness (QED) is 0.906. The zero-order valence-corrected chi connectivity index (χ0v) is 12.6. The van der Waals surface area contributed by atoms with E-state index >= 15 is 0 Å². The maximum absolute atomic E-state index is 13.2. The number of halogens is 1. The van der Waals surface area contributed by atoms with Crippen LogP contribution in [-0.2, 0) is 6.54 Å². The summed E-state index contributed by atoms with van der Waals surface area (Å²) in [4.78, 5) is 0.